The topological polar surface area (TPSA) is 73.8 Å². The molecular weight excluding hydrogens is 280 g/mol. The maximum Gasteiger partial charge on any atom is 0.272 e. The van der Waals surface area contributed by atoms with Gasteiger partial charge in [0.25, 0.3) is 5.69 Å². The Bertz CT molecular complexity index is 612. The average molecular weight is 295 g/mol. The van der Waals surface area contributed by atoms with E-state index in [1.807, 2.05) is 12.3 Å². The van der Waals surface area contributed by atoms with Crippen LogP contribution in [-0.4, -0.2) is 25.8 Å². The van der Waals surface area contributed by atoms with Crippen LogP contribution in [0.15, 0.2) is 24.4 Å². The minimum absolute atomic E-state index is 0.130. The summed E-state index contributed by atoms with van der Waals surface area (Å²) >= 11 is 5.64. The molecule has 0 aliphatic carbocycles. The van der Waals surface area contributed by atoms with Crippen molar-refractivity contribution in [3.63, 3.8) is 0 Å². The van der Waals surface area contributed by atoms with Crippen LogP contribution >= 0.6 is 11.6 Å². The molecule has 0 saturated carbocycles. The molecule has 0 bridgehead atoms. The molecule has 106 valence electrons. The van der Waals surface area contributed by atoms with Crippen molar-refractivity contribution in [3.8, 4) is 0 Å². The number of nitro benzene ring substituents is 1. The highest BCUT2D eigenvalue weighted by atomic mass is 35.5. The van der Waals surface area contributed by atoms with Gasteiger partial charge in [-0.3, -0.25) is 10.1 Å². The van der Waals surface area contributed by atoms with E-state index in [1.165, 1.54) is 6.07 Å². The van der Waals surface area contributed by atoms with Crippen molar-refractivity contribution in [2.45, 2.75) is 26.3 Å². The van der Waals surface area contributed by atoms with Gasteiger partial charge in [-0.05, 0) is 25.3 Å². The molecule has 2 aromatic rings. The average Bonchev–Trinajstić information content (AvgIpc) is 2.86. The second-order valence-corrected chi connectivity index (χ2v) is 4.90. The molecule has 1 heterocycles. The molecule has 0 aliphatic rings. The third-order valence-corrected chi connectivity index (χ3v) is 3.37. The summed E-state index contributed by atoms with van der Waals surface area (Å²) in [6, 6.07) is 5.06. The van der Waals surface area contributed by atoms with Crippen LogP contribution < -0.4 is 0 Å². The molecule has 1 aromatic heterocycles. The fourth-order valence-corrected chi connectivity index (χ4v) is 2.13. The van der Waals surface area contributed by atoms with E-state index in [9.17, 15) is 10.1 Å². The third kappa shape index (κ3) is 3.33. The quantitative estimate of drug-likeness (QED) is 0.466. The summed E-state index contributed by atoms with van der Waals surface area (Å²) in [4.78, 5) is 10.5. The van der Waals surface area contributed by atoms with Crippen LogP contribution in [0.1, 0.15) is 23.2 Å². The molecule has 20 heavy (non-hydrogen) atoms. The third-order valence-electron chi connectivity index (χ3n) is 3.10. The molecule has 0 spiro atoms. The van der Waals surface area contributed by atoms with Crippen molar-refractivity contribution >= 4 is 17.3 Å². The van der Waals surface area contributed by atoms with Gasteiger partial charge in [0.05, 0.1) is 17.2 Å². The monoisotopic (exact) mass is 294 g/mol. The van der Waals surface area contributed by atoms with E-state index in [1.54, 1.807) is 17.7 Å². The Labute approximate surface area is 121 Å². The van der Waals surface area contributed by atoms with Crippen molar-refractivity contribution in [3.05, 3.63) is 51.3 Å². The zero-order chi connectivity index (χ0) is 14.5. The van der Waals surface area contributed by atoms with Crippen LogP contribution in [-0.2, 0) is 13.0 Å². The molecule has 7 heteroatoms. The van der Waals surface area contributed by atoms with Gasteiger partial charge in [-0.1, -0.05) is 17.3 Å². The summed E-state index contributed by atoms with van der Waals surface area (Å²) < 4.78 is 1.69. The molecule has 0 unspecified atom stereocenters. The lowest BCUT2D eigenvalue weighted by Crippen LogP contribution is -2.04. The van der Waals surface area contributed by atoms with E-state index in [2.05, 4.69) is 10.3 Å². The Kier molecular flexibility index (Phi) is 4.68. The normalized spacial score (nSPS) is 10.7. The van der Waals surface area contributed by atoms with E-state index in [-0.39, 0.29) is 10.6 Å². The fourth-order valence-electron chi connectivity index (χ4n) is 1.99. The van der Waals surface area contributed by atoms with Gasteiger partial charge in [0.1, 0.15) is 0 Å². The first kappa shape index (κ1) is 14.5. The van der Waals surface area contributed by atoms with Gasteiger partial charge >= 0.3 is 0 Å². The summed E-state index contributed by atoms with van der Waals surface area (Å²) in [5.41, 5.74) is 2.54. The predicted molar refractivity (Wildman–Crippen MR) is 76.0 cm³/mol. The minimum atomic E-state index is -0.369. The second kappa shape index (κ2) is 6.47. The lowest BCUT2D eigenvalue weighted by atomic mass is 10.1. The Balaban J connectivity index is 2.16. The fraction of sp³-hybridized carbons (Fsp3) is 0.385. The number of halogens is 1. The molecule has 0 atom stereocenters. The summed E-state index contributed by atoms with van der Waals surface area (Å²) in [5, 5.41) is 19.0. The number of rotatable bonds is 6. The van der Waals surface area contributed by atoms with Gasteiger partial charge in [0.15, 0.2) is 0 Å². The molecule has 1 aromatic carbocycles. The van der Waals surface area contributed by atoms with Crippen LogP contribution in [0.4, 0.5) is 5.69 Å². The standard InChI is InChI=1S/C13H15ClN4O2/c1-10-11(4-2-6-13(10)18(19)20)8-17-9-12(15-16-17)5-3-7-14/h2,4,6,9H,3,5,7-8H2,1H3. The maximum atomic E-state index is 10.9. The SMILES string of the molecule is Cc1c(Cn2cc(CCCCl)nn2)cccc1[N+](=O)[O-]. The highest BCUT2D eigenvalue weighted by Gasteiger charge is 2.13. The van der Waals surface area contributed by atoms with Crippen LogP contribution in [0, 0.1) is 17.0 Å². The van der Waals surface area contributed by atoms with Gasteiger partial charge in [-0.15, -0.1) is 16.7 Å². The summed E-state index contributed by atoms with van der Waals surface area (Å²) in [6.07, 6.45) is 3.50. The Hall–Kier alpha value is -1.95. The van der Waals surface area contributed by atoms with Crippen molar-refractivity contribution in [2.24, 2.45) is 0 Å². The van der Waals surface area contributed by atoms with E-state index < -0.39 is 0 Å². The number of nitro groups is 1. The van der Waals surface area contributed by atoms with Crippen molar-refractivity contribution in [1.82, 2.24) is 15.0 Å². The van der Waals surface area contributed by atoms with Crippen LogP contribution in [0.5, 0.6) is 0 Å². The van der Waals surface area contributed by atoms with E-state index in [0.29, 0.717) is 18.0 Å². The molecule has 2 rings (SSSR count). The first-order chi connectivity index (χ1) is 9.61. The first-order valence-corrected chi connectivity index (χ1v) is 6.83. The molecule has 0 N–H and O–H groups in total. The number of nitrogens with zero attached hydrogens (tertiary/aromatic N) is 4. The van der Waals surface area contributed by atoms with E-state index >= 15 is 0 Å². The van der Waals surface area contributed by atoms with Gasteiger partial charge in [-0.25, -0.2) is 4.68 Å². The molecule has 6 nitrogen and oxygen atoms in total. The predicted octanol–water partition coefficient (Wildman–Crippen LogP) is 2.71. The largest absolute Gasteiger partial charge is 0.272 e. The van der Waals surface area contributed by atoms with Crippen LogP contribution in [0.25, 0.3) is 0 Å². The summed E-state index contributed by atoms with van der Waals surface area (Å²) in [5.74, 6) is 0.594. The van der Waals surface area contributed by atoms with E-state index in [4.69, 9.17) is 11.6 Å². The van der Waals surface area contributed by atoms with Gasteiger partial charge < -0.3 is 0 Å². The smallest absolute Gasteiger partial charge is 0.258 e. The molecule has 0 radical (unpaired) electrons. The van der Waals surface area contributed by atoms with Crippen molar-refractivity contribution in [2.75, 3.05) is 5.88 Å². The Morgan fingerprint density at radius 1 is 1.45 bits per heavy atom. The molecule has 0 aliphatic heterocycles. The van der Waals surface area contributed by atoms with Gasteiger partial charge in [0.2, 0.25) is 0 Å². The number of hydrogen-bond donors (Lipinski definition) is 0. The number of hydrogen-bond acceptors (Lipinski definition) is 4. The van der Waals surface area contributed by atoms with Crippen molar-refractivity contribution in [1.29, 1.82) is 0 Å². The molecular formula is C13H15ClN4O2. The maximum absolute atomic E-state index is 10.9. The molecule has 0 fully saturated rings. The minimum Gasteiger partial charge on any atom is -0.258 e. The van der Waals surface area contributed by atoms with E-state index in [0.717, 1.165) is 24.1 Å². The number of alkyl halides is 1. The number of benzene rings is 1. The first-order valence-electron chi connectivity index (χ1n) is 6.29. The lowest BCUT2D eigenvalue weighted by molar-refractivity contribution is -0.385. The lowest BCUT2D eigenvalue weighted by Gasteiger charge is -2.05. The van der Waals surface area contributed by atoms with Crippen LogP contribution in [0.2, 0.25) is 0 Å². The summed E-state index contributed by atoms with van der Waals surface area (Å²) in [6.45, 7) is 2.22. The van der Waals surface area contributed by atoms with Crippen LogP contribution in [0.3, 0.4) is 0 Å². The number of aryl methyl sites for hydroxylation is 1. The second-order valence-electron chi connectivity index (χ2n) is 4.52. The Morgan fingerprint density at radius 3 is 2.95 bits per heavy atom. The van der Waals surface area contributed by atoms with Gasteiger partial charge in [-0.2, -0.15) is 0 Å². The highest BCUT2D eigenvalue weighted by molar-refractivity contribution is 6.17. The molecule has 0 amide bonds. The molecule has 0 saturated heterocycles. The van der Waals surface area contributed by atoms with Crippen molar-refractivity contribution < 1.29 is 4.92 Å². The summed E-state index contributed by atoms with van der Waals surface area (Å²) in [7, 11) is 0. The zero-order valence-corrected chi connectivity index (χ0v) is 11.9. The Morgan fingerprint density at radius 2 is 2.25 bits per heavy atom. The zero-order valence-electron chi connectivity index (χ0n) is 11.1. The van der Waals surface area contributed by atoms with Gasteiger partial charge in [0, 0.05) is 23.7 Å². The number of aromatic nitrogens is 3. The highest BCUT2D eigenvalue weighted by Crippen LogP contribution is 2.21.